The van der Waals surface area contributed by atoms with Gasteiger partial charge in [-0.1, -0.05) is 11.3 Å². The van der Waals surface area contributed by atoms with E-state index in [4.69, 9.17) is 9.47 Å². The lowest BCUT2D eigenvalue weighted by molar-refractivity contribution is -0.384. The monoisotopic (exact) mass is 359 g/mol. The summed E-state index contributed by atoms with van der Waals surface area (Å²) in [4.78, 5) is 16.9. The number of methoxy groups -OCH3 is 1. The SMILES string of the molecule is COc1ccc(OCCN(C)c2nc3ccc([N+](=O)[O-])cc3s2)cc1. The first-order valence-corrected chi connectivity index (χ1v) is 8.41. The molecule has 0 aliphatic rings. The molecule has 2 aromatic carbocycles. The van der Waals surface area contributed by atoms with Crippen molar-refractivity contribution in [3.8, 4) is 11.5 Å². The predicted octanol–water partition coefficient (Wildman–Crippen LogP) is 3.73. The molecular weight excluding hydrogens is 342 g/mol. The van der Waals surface area contributed by atoms with E-state index >= 15 is 0 Å². The van der Waals surface area contributed by atoms with Crippen molar-refractivity contribution in [2.75, 3.05) is 32.2 Å². The smallest absolute Gasteiger partial charge is 0.270 e. The molecule has 7 nitrogen and oxygen atoms in total. The van der Waals surface area contributed by atoms with Crippen LogP contribution in [0.15, 0.2) is 42.5 Å². The number of nitro groups is 1. The first-order chi connectivity index (χ1) is 12.1. The molecule has 0 radical (unpaired) electrons. The Morgan fingerprint density at radius 3 is 2.60 bits per heavy atom. The topological polar surface area (TPSA) is 77.7 Å². The molecule has 25 heavy (non-hydrogen) atoms. The fraction of sp³-hybridized carbons (Fsp3) is 0.235. The van der Waals surface area contributed by atoms with Gasteiger partial charge in [0.15, 0.2) is 5.13 Å². The van der Waals surface area contributed by atoms with Gasteiger partial charge in [-0.15, -0.1) is 0 Å². The zero-order chi connectivity index (χ0) is 17.8. The first-order valence-electron chi connectivity index (χ1n) is 7.60. The summed E-state index contributed by atoms with van der Waals surface area (Å²) in [5.74, 6) is 1.56. The van der Waals surface area contributed by atoms with Gasteiger partial charge < -0.3 is 14.4 Å². The fourth-order valence-electron chi connectivity index (χ4n) is 2.25. The molecule has 1 aromatic heterocycles. The molecule has 0 unspecified atom stereocenters. The number of hydrogen-bond acceptors (Lipinski definition) is 7. The largest absolute Gasteiger partial charge is 0.497 e. The summed E-state index contributed by atoms with van der Waals surface area (Å²) in [5.41, 5.74) is 0.835. The molecule has 0 saturated heterocycles. The van der Waals surface area contributed by atoms with Gasteiger partial charge in [0.2, 0.25) is 0 Å². The molecule has 0 atom stereocenters. The lowest BCUT2D eigenvalue weighted by Gasteiger charge is -2.16. The van der Waals surface area contributed by atoms with Crippen LogP contribution in [0.4, 0.5) is 10.8 Å². The minimum Gasteiger partial charge on any atom is -0.497 e. The third-order valence-corrected chi connectivity index (χ3v) is 4.79. The lowest BCUT2D eigenvalue weighted by atomic mass is 10.3. The average Bonchev–Trinajstić information content (AvgIpc) is 3.05. The molecule has 0 bridgehead atoms. The number of aromatic nitrogens is 1. The van der Waals surface area contributed by atoms with E-state index in [0.29, 0.717) is 13.2 Å². The van der Waals surface area contributed by atoms with Gasteiger partial charge in [-0.3, -0.25) is 10.1 Å². The Labute approximate surface area is 148 Å². The zero-order valence-corrected chi connectivity index (χ0v) is 14.7. The van der Waals surface area contributed by atoms with E-state index in [2.05, 4.69) is 4.98 Å². The number of benzene rings is 2. The number of fused-ring (bicyclic) bond motifs is 1. The molecule has 0 aliphatic heterocycles. The number of non-ortho nitro benzene ring substituents is 1. The van der Waals surface area contributed by atoms with Gasteiger partial charge in [0.25, 0.3) is 5.69 Å². The highest BCUT2D eigenvalue weighted by atomic mass is 32.1. The van der Waals surface area contributed by atoms with Gasteiger partial charge in [0.05, 0.1) is 28.8 Å². The molecule has 3 aromatic rings. The summed E-state index contributed by atoms with van der Waals surface area (Å²) in [7, 11) is 3.54. The van der Waals surface area contributed by atoms with Gasteiger partial charge >= 0.3 is 0 Å². The van der Waals surface area contributed by atoms with E-state index < -0.39 is 4.92 Å². The van der Waals surface area contributed by atoms with Crippen molar-refractivity contribution >= 4 is 32.4 Å². The minimum absolute atomic E-state index is 0.0770. The number of likely N-dealkylation sites (N-methyl/N-ethyl adjacent to an activating group) is 1. The van der Waals surface area contributed by atoms with E-state index in [1.807, 2.05) is 36.2 Å². The molecule has 0 spiro atoms. The Hall–Kier alpha value is -2.87. The molecule has 0 amide bonds. The molecular formula is C17H17N3O4S. The van der Waals surface area contributed by atoms with Crippen LogP contribution in [-0.2, 0) is 0 Å². The van der Waals surface area contributed by atoms with E-state index in [-0.39, 0.29) is 5.69 Å². The summed E-state index contributed by atoms with van der Waals surface area (Å²) < 4.78 is 11.6. The van der Waals surface area contributed by atoms with Crippen molar-refractivity contribution in [3.05, 3.63) is 52.6 Å². The standard InChI is InChI=1S/C17H17N3O4S/c1-19(9-10-24-14-6-4-13(23-2)5-7-14)17-18-15-8-3-12(20(21)22)11-16(15)25-17/h3-8,11H,9-10H2,1-2H3. The highest BCUT2D eigenvalue weighted by Crippen LogP contribution is 2.30. The lowest BCUT2D eigenvalue weighted by Crippen LogP contribution is -2.23. The van der Waals surface area contributed by atoms with E-state index in [9.17, 15) is 10.1 Å². The number of nitrogens with zero attached hydrogens (tertiary/aromatic N) is 3. The van der Waals surface area contributed by atoms with Crippen molar-refractivity contribution in [1.29, 1.82) is 0 Å². The highest BCUT2D eigenvalue weighted by Gasteiger charge is 2.12. The molecule has 3 rings (SSSR count). The zero-order valence-electron chi connectivity index (χ0n) is 13.8. The summed E-state index contributed by atoms with van der Waals surface area (Å²) >= 11 is 1.43. The second-order valence-corrected chi connectivity index (χ2v) is 6.36. The normalized spacial score (nSPS) is 10.6. The second kappa shape index (κ2) is 7.35. The van der Waals surface area contributed by atoms with Gasteiger partial charge in [-0.2, -0.15) is 0 Å². The Morgan fingerprint density at radius 2 is 1.92 bits per heavy atom. The van der Waals surface area contributed by atoms with Crippen LogP contribution in [0.25, 0.3) is 10.2 Å². The number of thiazole rings is 1. The van der Waals surface area contributed by atoms with Crippen LogP contribution in [0.3, 0.4) is 0 Å². The van der Waals surface area contributed by atoms with Crippen LogP contribution in [0.1, 0.15) is 0 Å². The molecule has 0 saturated carbocycles. The Bertz CT molecular complexity index is 879. The highest BCUT2D eigenvalue weighted by molar-refractivity contribution is 7.22. The fourth-order valence-corrected chi connectivity index (χ4v) is 3.23. The Morgan fingerprint density at radius 1 is 1.20 bits per heavy atom. The van der Waals surface area contributed by atoms with Crippen LogP contribution >= 0.6 is 11.3 Å². The summed E-state index contributed by atoms with van der Waals surface area (Å²) in [6, 6.07) is 12.1. The molecule has 130 valence electrons. The quantitative estimate of drug-likeness (QED) is 0.472. The molecule has 0 N–H and O–H groups in total. The van der Waals surface area contributed by atoms with Crippen molar-refractivity contribution in [2.24, 2.45) is 0 Å². The molecule has 8 heteroatoms. The molecule has 0 aliphatic carbocycles. The summed E-state index contributed by atoms with van der Waals surface area (Å²) in [5, 5.41) is 11.7. The van der Waals surface area contributed by atoms with Crippen LogP contribution in [0.5, 0.6) is 11.5 Å². The van der Waals surface area contributed by atoms with Crippen LogP contribution in [-0.4, -0.2) is 37.2 Å². The summed E-state index contributed by atoms with van der Waals surface area (Å²) in [6.45, 7) is 1.15. The number of rotatable bonds is 7. The second-order valence-electron chi connectivity index (χ2n) is 5.35. The maximum atomic E-state index is 10.9. The predicted molar refractivity (Wildman–Crippen MR) is 98.0 cm³/mol. The van der Waals surface area contributed by atoms with Gasteiger partial charge in [0, 0.05) is 19.2 Å². The number of ether oxygens (including phenoxy) is 2. The maximum absolute atomic E-state index is 10.9. The van der Waals surface area contributed by atoms with E-state index in [0.717, 1.165) is 26.8 Å². The van der Waals surface area contributed by atoms with Gasteiger partial charge in [0.1, 0.15) is 18.1 Å². The molecule has 0 fully saturated rings. The minimum atomic E-state index is -0.398. The third kappa shape index (κ3) is 3.97. The molecule has 1 heterocycles. The number of nitro benzene ring substituents is 1. The average molecular weight is 359 g/mol. The third-order valence-electron chi connectivity index (χ3n) is 3.65. The number of hydrogen-bond donors (Lipinski definition) is 0. The Balaban J connectivity index is 1.61. The Kier molecular flexibility index (Phi) is 4.99. The first kappa shape index (κ1) is 17.0. The van der Waals surface area contributed by atoms with E-state index in [1.165, 1.54) is 17.4 Å². The van der Waals surface area contributed by atoms with Crippen molar-refractivity contribution in [1.82, 2.24) is 4.98 Å². The van der Waals surface area contributed by atoms with Crippen molar-refractivity contribution in [3.63, 3.8) is 0 Å². The maximum Gasteiger partial charge on any atom is 0.270 e. The van der Waals surface area contributed by atoms with E-state index in [1.54, 1.807) is 19.2 Å². The van der Waals surface area contributed by atoms with Crippen molar-refractivity contribution in [2.45, 2.75) is 0 Å². The van der Waals surface area contributed by atoms with Crippen LogP contribution in [0.2, 0.25) is 0 Å². The van der Waals surface area contributed by atoms with Crippen LogP contribution < -0.4 is 14.4 Å². The number of anilines is 1. The van der Waals surface area contributed by atoms with Crippen molar-refractivity contribution < 1.29 is 14.4 Å². The van der Waals surface area contributed by atoms with Crippen LogP contribution in [0, 0.1) is 10.1 Å². The van der Waals surface area contributed by atoms with Gasteiger partial charge in [-0.05, 0) is 30.3 Å². The summed E-state index contributed by atoms with van der Waals surface area (Å²) in [6.07, 6.45) is 0. The van der Waals surface area contributed by atoms with Gasteiger partial charge in [-0.25, -0.2) is 4.98 Å².